The molecule has 0 aliphatic carbocycles. The molecule has 2 N–H and O–H groups in total. The lowest BCUT2D eigenvalue weighted by Gasteiger charge is -2.15. The van der Waals surface area contributed by atoms with Crippen molar-refractivity contribution >= 4 is 16.7 Å². The minimum atomic E-state index is -0.188. The third-order valence-corrected chi connectivity index (χ3v) is 4.13. The van der Waals surface area contributed by atoms with E-state index in [0.717, 1.165) is 11.1 Å². The number of benzene rings is 2. The van der Waals surface area contributed by atoms with Crippen molar-refractivity contribution in [3.63, 3.8) is 0 Å². The van der Waals surface area contributed by atoms with Gasteiger partial charge in [-0.2, -0.15) is 0 Å². The van der Waals surface area contributed by atoms with Gasteiger partial charge in [0.1, 0.15) is 5.82 Å². The zero-order valence-electron chi connectivity index (χ0n) is 13.7. The first-order valence-electron chi connectivity index (χ1n) is 7.95. The van der Waals surface area contributed by atoms with Crippen LogP contribution in [0.3, 0.4) is 0 Å². The Bertz CT molecular complexity index is 1130. The molecule has 5 nitrogen and oxygen atoms in total. The second kappa shape index (κ2) is 5.87. The second-order valence-electron chi connectivity index (χ2n) is 5.88. The molecule has 4 rings (SSSR count). The molecular weight excluding hydrogens is 312 g/mol. The molecule has 0 atom stereocenters. The predicted octanol–water partition coefficient (Wildman–Crippen LogP) is 3.34. The average Bonchev–Trinajstić information content (AvgIpc) is 2.63. The Morgan fingerprint density at radius 2 is 1.72 bits per heavy atom. The first-order valence-corrected chi connectivity index (χ1v) is 7.95. The van der Waals surface area contributed by atoms with Crippen LogP contribution >= 0.6 is 0 Å². The van der Waals surface area contributed by atoms with Crippen molar-refractivity contribution in [3.05, 3.63) is 82.8 Å². The van der Waals surface area contributed by atoms with E-state index < -0.39 is 0 Å². The van der Waals surface area contributed by atoms with Gasteiger partial charge in [0.05, 0.1) is 16.8 Å². The van der Waals surface area contributed by atoms with Crippen LogP contribution in [0.1, 0.15) is 5.56 Å². The van der Waals surface area contributed by atoms with Gasteiger partial charge in [0.25, 0.3) is 5.56 Å². The van der Waals surface area contributed by atoms with E-state index in [1.165, 1.54) is 0 Å². The molecule has 0 unspecified atom stereocenters. The molecule has 25 heavy (non-hydrogen) atoms. The van der Waals surface area contributed by atoms with Crippen LogP contribution in [0, 0.1) is 6.92 Å². The Morgan fingerprint density at radius 3 is 2.48 bits per heavy atom. The molecule has 0 saturated heterocycles. The van der Waals surface area contributed by atoms with E-state index in [4.69, 9.17) is 5.73 Å². The molecule has 0 radical (unpaired) electrons. The highest BCUT2D eigenvalue weighted by Crippen LogP contribution is 2.24. The van der Waals surface area contributed by atoms with Gasteiger partial charge in [-0.1, -0.05) is 42.0 Å². The summed E-state index contributed by atoms with van der Waals surface area (Å²) in [5, 5.41) is 0.460. The van der Waals surface area contributed by atoms with E-state index in [9.17, 15) is 4.79 Å². The normalized spacial score (nSPS) is 10.9. The summed E-state index contributed by atoms with van der Waals surface area (Å²) >= 11 is 0. The largest absolute Gasteiger partial charge is 0.397 e. The number of nitrogen functional groups attached to an aromatic ring is 1. The summed E-state index contributed by atoms with van der Waals surface area (Å²) in [4.78, 5) is 22.1. The lowest BCUT2D eigenvalue weighted by molar-refractivity contribution is 0.971. The highest BCUT2D eigenvalue weighted by atomic mass is 16.1. The van der Waals surface area contributed by atoms with Crippen molar-refractivity contribution in [2.24, 2.45) is 0 Å². The van der Waals surface area contributed by atoms with E-state index >= 15 is 0 Å². The standard InChI is InChI=1S/C20H16N4O/c1-13-8-10-14(11-9-13)19-23-18-15(5-4-12-22-18)20(25)24(19)17-7-3-2-6-16(17)21/h2-12H,21H2,1H3. The average molecular weight is 328 g/mol. The van der Waals surface area contributed by atoms with Gasteiger partial charge in [0.15, 0.2) is 5.65 Å². The topological polar surface area (TPSA) is 73.8 Å². The van der Waals surface area contributed by atoms with Crippen molar-refractivity contribution < 1.29 is 0 Å². The zero-order valence-corrected chi connectivity index (χ0v) is 13.7. The second-order valence-corrected chi connectivity index (χ2v) is 5.88. The highest BCUT2D eigenvalue weighted by Gasteiger charge is 2.16. The fraction of sp³-hybridized carbons (Fsp3) is 0.0500. The SMILES string of the molecule is Cc1ccc(-c2nc3ncccc3c(=O)n2-c2ccccc2N)cc1. The minimum absolute atomic E-state index is 0.188. The third kappa shape index (κ3) is 2.55. The number of para-hydroxylation sites is 2. The Morgan fingerprint density at radius 1 is 0.960 bits per heavy atom. The maximum absolute atomic E-state index is 13.2. The monoisotopic (exact) mass is 328 g/mol. The predicted molar refractivity (Wildman–Crippen MR) is 99.7 cm³/mol. The van der Waals surface area contributed by atoms with Crippen molar-refractivity contribution in [1.29, 1.82) is 0 Å². The summed E-state index contributed by atoms with van der Waals surface area (Å²) in [5.41, 5.74) is 9.47. The number of rotatable bonds is 2. The molecule has 5 heteroatoms. The number of fused-ring (bicyclic) bond motifs is 1. The van der Waals surface area contributed by atoms with Crippen LogP contribution in [0.15, 0.2) is 71.7 Å². The van der Waals surface area contributed by atoms with Gasteiger partial charge >= 0.3 is 0 Å². The Hall–Kier alpha value is -3.47. The number of nitrogens with two attached hydrogens (primary N) is 1. The summed E-state index contributed by atoms with van der Waals surface area (Å²) in [6.45, 7) is 2.02. The van der Waals surface area contributed by atoms with Crippen LogP contribution in [0.25, 0.3) is 28.1 Å². The first-order chi connectivity index (χ1) is 12.1. The van der Waals surface area contributed by atoms with Crippen LogP contribution < -0.4 is 11.3 Å². The van der Waals surface area contributed by atoms with Crippen LogP contribution in [0.2, 0.25) is 0 Å². The van der Waals surface area contributed by atoms with Gasteiger partial charge in [0, 0.05) is 11.8 Å². The maximum Gasteiger partial charge on any atom is 0.267 e. The third-order valence-electron chi connectivity index (χ3n) is 4.13. The Kier molecular flexibility index (Phi) is 3.54. The molecule has 0 saturated carbocycles. The van der Waals surface area contributed by atoms with Gasteiger partial charge in [-0.25, -0.2) is 9.97 Å². The molecule has 4 aromatic rings. The van der Waals surface area contributed by atoms with Crippen molar-refractivity contribution in [2.45, 2.75) is 6.92 Å². The van der Waals surface area contributed by atoms with Crippen LogP contribution in [0.4, 0.5) is 5.69 Å². The fourth-order valence-corrected chi connectivity index (χ4v) is 2.83. The Labute approximate surface area is 144 Å². The molecule has 122 valence electrons. The van der Waals surface area contributed by atoms with Gasteiger partial charge < -0.3 is 5.73 Å². The molecule has 0 fully saturated rings. The lowest BCUT2D eigenvalue weighted by atomic mass is 10.1. The van der Waals surface area contributed by atoms with Crippen molar-refractivity contribution in [3.8, 4) is 17.1 Å². The molecule has 0 amide bonds. The number of hydrogen-bond acceptors (Lipinski definition) is 4. The quantitative estimate of drug-likeness (QED) is 0.573. The van der Waals surface area contributed by atoms with Crippen LogP contribution in [-0.2, 0) is 0 Å². The highest BCUT2D eigenvalue weighted by molar-refractivity contribution is 5.78. The van der Waals surface area contributed by atoms with Crippen molar-refractivity contribution in [1.82, 2.24) is 14.5 Å². The van der Waals surface area contributed by atoms with Gasteiger partial charge in [-0.15, -0.1) is 0 Å². The van der Waals surface area contributed by atoms with Crippen LogP contribution in [0.5, 0.6) is 0 Å². The number of aryl methyl sites for hydroxylation is 1. The molecule has 0 spiro atoms. The van der Waals surface area contributed by atoms with Gasteiger partial charge in [0.2, 0.25) is 0 Å². The van der Waals surface area contributed by atoms with Crippen molar-refractivity contribution in [2.75, 3.05) is 5.73 Å². The molecular formula is C20H16N4O. The molecule has 2 aromatic heterocycles. The number of nitrogens with zero attached hydrogens (tertiary/aromatic N) is 3. The lowest BCUT2D eigenvalue weighted by Crippen LogP contribution is -2.23. The number of hydrogen-bond donors (Lipinski definition) is 1. The fourth-order valence-electron chi connectivity index (χ4n) is 2.83. The van der Waals surface area contributed by atoms with E-state index in [1.807, 2.05) is 49.4 Å². The Balaban J connectivity index is 2.13. The molecule has 2 aromatic carbocycles. The van der Waals surface area contributed by atoms with E-state index in [-0.39, 0.29) is 5.56 Å². The molecule has 0 aliphatic rings. The summed E-state index contributed by atoms with van der Waals surface area (Å²) in [5.74, 6) is 0.522. The molecule has 2 heterocycles. The van der Waals surface area contributed by atoms with Crippen LogP contribution in [-0.4, -0.2) is 14.5 Å². The van der Waals surface area contributed by atoms with Gasteiger partial charge in [-0.3, -0.25) is 9.36 Å². The minimum Gasteiger partial charge on any atom is -0.397 e. The number of pyridine rings is 1. The van der Waals surface area contributed by atoms with E-state index in [2.05, 4.69) is 9.97 Å². The summed E-state index contributed by atoms with van der Waals surface area (Å²) in [6, 6.07) is 18.6. The van der Waals surface area contributed by atoms with Gasteiger partial charge in [-0.05, 0) is 31.2 Å². The number of anilines is 1. The first kappa shape index (κ1) is 15.1. The van der Waals surface area contributed by atoms with E-state index in [1.54, 1.807) is 29.0 Å². The number of aromatic nitrogens is 3. The van der Waals surface area contributed by atoms with E-state index in [0.29, 0.717) is 28.2 Å². The smallest absolute Gasteiger partial charge is 0.267 e. The summed E-state index contributed by atoms with van der Waals surface area (Å²) in [7, 11) is 0. The summed E-state index contributed by atoms with van der Waals surface area (Å²) in [6.07, 6.45) is 1.63. The molecule has 0 aliphatic heterocycles. The maximum atomic E-state index is 13.2. The summed E-state index contributed by atoms with van der Waals surface area (Å²) < 4.78 is 1.56. The molecule has 0 bridgehead atoms. The zero-order chi connectivity index (χ0) is 17.4.